The molecule has 0 bridgehead atoms. The third-order valence-corrected chi connectivity index (χ3v) is 3.02. The van der Waals surface area contributed by atoms with Gasteiger partial charge in [-0.3, -0.25) is 14.9 Å². The van der Waals surface area contributed by atoms with E-state index in [0.717, 1.165) is 0 Å². The summed E-state index contributed by atoms with van der Waals surface area (Å²) in [6, 6.07) is 4.56. The van der Waals surface area contributed by atoms with E-state index in [1.165, 1.54) is 4.68 Å². The van der Waals surface area contributed by atoms with Gasteiger partial charge in [0.25, 0.3) is 5.91 Å². The Kier molecular flexibility index (Phi) is 3.75. The summed E-state index contributed by atoms with van der Waals surface area (Å²) in [6.45, 7) is 3.47. The minimum Gasteiger partial charge on any atom is -0.478 e. The van der Waals surface area contributed by atoms with Crippen LogP contribution in [0.2, 0.25) is 0 Å². The van der Waals surface area contributed by atoms with E-state index in [0.29, 0.717) is 23.5 Å². The fourth-order valence-electron chi connectivity index (χ4n) is 1.92. The number of rotatable bonds is 3. The van der Waals surface area contributed by atoms with Crippen LogP contribution < -0.4 is 5.43 Å². The summed E-state index contributed by atoms with van der Waals surface area (Å²) in [5, 5.41) is 8.99. The normalized spacial score (nSPS) is 10.5. The Morgan fingerprint density at radius 2 is 1.52 bits per heavy atom. The van der Waals surface area contributed by atoms with E-state index in [1.807, 2.05) is 0 Å². The van der Waals surface area contributed by atoms with E-state index in [9.17, 15) is 18.4 Å². The van der Waals surface area contributed by atoms with Crippen LogP contribution >= 0.6 is 0 Å². The number of aromatic nitrogens is 1. The number of benzene rings is 1. The van der Waals surface area contributed by atoms with Crippen LogP contribution in [0, 0.1) is 25.5 Å². The minimum atomic E-state index is -1.51. The molecule has 1 amide bonds. The summed E-state index contributed by atoms with van der Waals surface area (Å²) >= 11 is 0. The Morgan fingerprint density at radius 1 is 1.05 bits per heavy atom. The number of halogens is 2. The SMILES string of the molecule is Cc1ccc(C)n1NC(=O)c1cc(F)c(F)cc1C(=O)O. The average Bonchev–Trinajstić information content (AvgIpc) is 2.72. The van der Waals surface area contributed by atoms with Crippen molar-refractivity contribution in [2.75, 3.05) is 5.43 Å². The molecule has 110 valence electrons. The summed E-state index contributed by atoms with van der Waals surface area (Å²) in [5.74, 6) is -4.96. The topological polar surface area (TPSA) is 71.3 Å². The predicted octanol–water partition coefficient (Wildman–Crippen LogP) is 2.47. The van der Waals surface area contributed by atoms with E-state index < -0.39 is 34.6 Å². The summed E-state index contributed by atoms with van der Waals surface area (Å²) in [5.41, 5.74) is 2.81. The van der Waals surface area contributed by atoms with E-state index >= 15 is 0 Å². The third kappa shape index (κ3) is 2.76. The zero-order valence-corrected chi connectivity index (χ0v) is 11.3. The number of nitrogens with zero attached hydrogens (tertiary/aromatic N) is 1. The molecule has 0 saturated heterocycles. The van der Waals surface area contributed by atoms with Gasteiger partial charge in [0, 0.05) is 11.4 Å². The van der Waals surface area contributed by atoms with Crippen molar-refractivity contribution in [2.24, 2.45) is 0 Å². The van der Waals surface area contributed by atoms with E-state index in [4.69, 9.17) is 5.11 Å². The van der Waals surface area contributed by atoms with Crippen LogP contribution in [0.3, 0.4) is 0 Å². The van der Waals surface area contributed by atoms with Gasteiger partial charge in [0.2, 0.25) is 0 Å². The first kappa shape index (κ1) is 14.7. The first-order chi connectivity index (χ1) is 9.81. The molecule has 1 heterocycles. The van der Waals surface area contributed by atoms with Crippen molar-refractivity contribution in [1.29, 1.82) is 0 Å². The fourth-order valence-corrected chi connectivity index (χ4v) is 1.92. The molecule has 0 aliphatic rings. The van der Waals surface area contributed by atoms with Gasteiger partial charge in [-0.05, 0) is 38.1 Å². The third-order valence-electron chi connectivity index (χ3n) is 3.02. The van der Waals surface area contributed by atoms with Gasteiger partial charge in [0.1, 0.15) is 0 Å². The van der Waals surface area contributed by atoms with Gasteiger partial charge in [0.15, 0.2) is 11.6 Å². The van der Waals surface area contributed by atoms with Gasteiger partial charge in [-0.25, -0.2) is 13.6 Å². The second-order valence-corrected chi connectivity index (χ2v) is 4.51. The zero-order chi connectivity index (χ0) is 15.7. The van der Waals surface area contributed by atoms with Crippen LogP contribution in [-0.2, 0) is 0 Å². The molecule has 21 heavy (non-hydrogen) atoms. The lowest BCUT2D eigenvalue weighted by atomic mass is 10.1. The molecule has 0 unspecified atom stereocenters. The van der Waals surface area contributed by atoms with Gasteiger partial charge in [-0.1, -0.05) is 0 Å². The van der Waals surface area contributed by atoms with Gasteiger partial charge >= 0.3 is 5.97 Å². The lowest BCUT2D eigenvalue weighted by Crippen LogP contribution is -2.26. The van der Waals surface area contributed by atoms with Crippen molar-refractivity contribution in [3.05, 3.63) is 58.4 Å². The largest absolute Gasteiger partial charge is 0.478 e. The zero-order valence-electron chi connectivity index (χ0n) is 11.3. The fraction of sp³-hybridized carbons (Fsp3) is 0.143. The smallest absolute Gasteiger partial charge is 0.336 e. The molecule has 0 fully saturated rings. The summed E-state index contributed by atoms with van der Waals surface area (Å²) in [7, 11) is 0. The lowest BCUT2D eigenvalue weighted by molar-refractivity contribution is 0.0691. The number of amides is 1. The second-order valence-electron chi connectivity index (χ2n) is 4.51. The van der Waals surface area contributed by atoms with Gasteiger partial charge in [-0.15, -0.1) is 0 Å². The number of carbonyl (C=O) groups excluding carboxylic acids is 1. The van der Waals surface area contributed by atoms with Crippen LogP contribution in [0.4, 0.5) is 8.78 Å². The minimum absolute atomic E-state index is 0.450. The van der Waals surface area contributed by atoms with Crippen LogP contribution in [-0.4, -0.2) is 21.7 Å². The first-order valence-corrected chi connectivity index (χ1v) is 6.00. The number of nitrogens with one attached hydrogen (secondary N) is 1. The maximum Gasteiger partial charge on any atom is 0.336 e. The molecule has 1 aromatic carbocycles. The second kappa shape index (κ2) is 5.35. The molecule has 1 aromatic heterocycles. The highest BCUT2D eigenvalue weighted by Gasteiger charge is 2.21. The molecular weight excluding hydrogens is 282 g/mol. The molecule has 2 aromatic rings. The Balaban J connectivity index is 2.44. The van der Waals surface area contributed by atoms with Gasteiger partial charge in [-0.2, -0.15) is 0 Å². The van der Waals surface area contributed by atoms with E-state index in [-0.39, 0.29) is 0 Å². The van der Waals surface area contributed by atoms with Crippen LogP contribution in [0.1, 0.15) is 32.1 Å². The van der Waals surface area contributed by atoms with Gasteiger partial charge < -0.3 is 5.11 Å². The van der Waals surface area contributed by atoms with Crippen molar-refractivity contribution in [2.45, 2.75) is 13.8 Å². The van der Waals surface area contributed by atoms with Crippen molar-refractivity contribution >= 4 is 11.9 Å². The Bertz CT molecular complexity index is 719. The molecule has 0 atom stereocenters. The van der Waals surface area contributed by atoms with Crippen molar-refractivity contribution < 1.29 is 23.5 Å². The number of hydrogen-bond donors (Lipinski definition) is 2. The van der Waals surface area contributed by atoms with Crippen molar-refractivity contribution in [3.8, 4) is 0 Å². The number of hydrogen-bond acceptors (Lipinski definition) is 2. The molecule has 2 rings (SSSR count). The number of carboxylic acid groups (broad SMARTS) is 1. The molecule has 7 heteroatoms. The van der Waals surface area contributed by atoms with Crippen LogP contribution in [0.5, 0.6) is 0 Å². The molecule has 0 aliphatic heterocycles. The van der Waals surface area contributed by atoms with E-state index in [1.54, 1.807) is 26.0 Å². The highest BCUT2D eigenvalue weighted by atomic mass is 19.2. The molecule has 0 radical (unpaired) electrons. The number of aryl methyl sites for hydroxylation is 2. The van der Waals surface area contributed by atoms with Crippen molar-refractivity contribution in [1.82, 2.24) is 4.68 Å². The number of carbonyl (C=O) groups is 2. The Labute approximate surface area is 118 Å². The lowest BCUT2D eigenvalue weighted by Gasteiger charge is -2.12. The maximum atomic E-state index is 13.3. The maximum absolute atomic E-state index is 13.3. The van der Waals surface area contributed by atoms with Crippen LogP contribution in [0.25, 0.3) is 0 Å². The molecule has 0 saturated carbocycles. The first-order valence-electron chi connectivity index (χ1n) is 6.00. The van der Waals surface area contributed by atoms with Crippen LogP contribution in [0.15, 0.2) is 24.3 Å². The standard InChI is InChI=1S/C14H12F2N2O3/c1-7-3-4-8(2)18(7)17-13(19)9-5-11(15)12(16)6-10(9)14(20)21/h3-6H,1-2H3,(H,17,19)(H,20,21). The average molecular weight is 294 g/mol. The van der Waals surface area contributed by atoms with Gasteiger partial charge in [0.05, 0.1) is 11.1 Å². The monoisotopic (exact) mass is 294 g/mol. The molecular formula is C14H12F2N2O3. The quantitative estimate of drug-likeness (QED) is 0.913. The molecule has 5 nitrogen and oxygen atoms in total. The van der Waals surface area contributed by atoms with Crippen molar-refractivity contribution in [3.63, 3.8) is 0 Å². The van der Waals surface area contributed by atoms with E-state index in [2.05, 4.69) is 5.43 Å². The summed E-state index contributed by atoms with van der Waals surface area (Å²) in [6.07, 6.45) is 0. The molecule has 2 N–H and O–H groups in total. The number of carboxylic acids is 1. The highest BCUT2D eigenvalue weighted by molar-refractivity contribution is 6.08. The molecule has 0 spiro atoms. The Hall–Kier alpha value is -2.70. The number of aromatic carboxylic acids is 1. The Morgan fingerprint density at radius 3 is 2.00 bits per heavy atom. The highest BCUT2D eigenvalue weighted by Crippen LogP contribution is 2.16. The summed E-state index contributed by atoms with van der Waals surface area (Å²) < 4.78 is 27.8. The summed E-state index contributed by atoms with van der Waals surface area (Å²) in [4.78, 5) is 23.2. The molecule has 0 aliphatic carbocycles. The predicted molar refractivity (Wildman–Crippen MR) is 70.9 cm³/mol.